The molecule has 12 nitrogen and oxygen atoms in total. The molecule has 0 radical (unpaired) electrons. The number of fused-ring (bicyclic) bond motifs is 3. The van der Waals surface area contributed by atoms with Gasteiger partial charge in [-0.25, -0.2) is 4.79 Å². The van der Waals surface area contributed by atoms with Gasteiger partial charge in [0.1, 0.15) is 24.5 Å². The zero-order valence-corrected chi connectivity index (χ0v) is 23.8. The van der Waals surface area contributed by atoms with Crippen LogP contribution in [0.1, 0.15) is 27.4 Å². The third-order valence-electron chi connectivity index (χ3n) is 6.72. The fourth-order valence-electron chi connectivity index (χ4n) is 4.75. The number of carbonyl (C=O) groups is 3. The largest absolute Gasteiger partial charge is 0.505 e. The van der Waals surface area contributed by atoms with E-state index in [-0.39, 0.29) is 49.3 Å². The van der Waals surface area contributed by atoms with E-state index in [4.69, 9.17) is 29.4 Å². The Balaban J connectivity index is 1.02. The van der Waals surface area contributed by atoms with Crippen LogP contribution in [0.5, 0.6) is 11.5 Å². The summed E-state index contributed by atoms with van der Waals surface area (Å²) in [6.45, 7) is 1.53. The number of hydrogen-bond donors (Lipinski definition) is 4. The number of alkyl carbamates (subject to hydrolysis) is 1. The van der Waals surface area contributed by atoms with Crippen molar-refractivity contribution in [2.45, 2.75) is 5.92 Å². The molecule has 43 heavy (non-hydrogen) atoms. The van der Waals surface area contributed by atoms with Gasteiger partial charge in [-0.3, -0.25) is 9.59 Å². The van der Waals surface area contributed by atoms with Gasteiger partial charge in [-0.05, 0) is 34.4 Å². The summed E-state index contributed by atoms with van der Waals surface area (Å²) in [4.78, 5) is 35.9. The molecule has 0 aromatic heterocycles. The molecular formula is C31H35N3O9. The van der Waals surface area contributed by atoms with Gasteiger partial charge < -0.3 is 45.2 Å². The van der Waals surface area contributed by atoms with E-state index in [0.717, 1.165) is 11.1 Å². The maximum absolute atomic E-state index is 12.2. The SMILES string of the molecule is COc1ccc(NC(=O)COCCOCCOCCNC(=O)OCC2c3ccccc3-c3ccccc32)c(O)c1C(N)=O. The summed E-state index contributed by atoms with van der Waals surface area (Å²) in [7, 11) is 1.33. The van der Waals surface area contributed by atoms with E-state index in [1.807, 2.05) is 24.3 Å². The van der Waals surface area contributed by atoms with Crippen LogP contribution in [0, 0.1) is 0 Å². The summed E-state index contributed by atoms with van der Waals surface area (Å²) < 4.78 is 26.6. The minimum Gasteiger partial charge on any atom is -0.505 e. The number of primary amides is 1. The number of aromatic hydroxyl groups is 1. The molecular weight excluding hydrogens is 558 g/mol. The monoisotopic (exact) mass is 593 g/mol. The van der Waals surface area contributed by atoms with Gasteiger partial charge in [0.15, 0.2) is 5.75 Å². The molecule has 0 saturated heterocycles. The first kappa shape index (κ1) is 31.3. The van der Waals surface area contributed by atoms with Crippen molar-refractivity contribution in [2.75, 3.05) is 65.2 Å². The summed E-state index contributed by atoms with van der Waals surface area (Å²) >= 11 is 0. The number of anilines is 1. The fraction of sp³-hybridized carbons (Fsp3) is 0.323. The number of amides is 3. The van der Waals surface area contributed by atoms with Crippen LogP contribution in [0.4, 0.5) is 10.5 Å². The first-order valence-electron chi connectivity index (χ1n) is 13.7. The number of carbonyl (C=O) groups excluding carboxylic acids is 3. The summed E-state index contributed by atoms with van der Waals surface area (Å²) in [5, 5.41) is 15.4. The zero-order chi connectivity index (χ0) is 30.6. The Hall–Kier alpha value is -4.65. The third kappa shape index (κ3) is 8.22. The molecule has 0 atom stereocenters. The highest BCUT2D eigenvalue weighted by Gasteiger charge is 2.29. The molecule has 0 saturated carbocycles. The molecule has 3 amide bonds. The van der Waals surface area contributed by atoms with Crippen LogP contribution in [0.15, 0.2) is 60.7 Å². The molecule has 0 fully saturated rings. The predicted octanol–water partition coefficient (Wildman–Crippen LogP) is 3.03. The van der Waals surface area contributed by atoms with Gasteiger partial charge in [0.25, 0.3) is 5.91 Å². The van der Waals surface area contributed by atoms with Crippen molar-refractivity contribution in [3.05, 3.63) is 77.4 Å². The number of phenols is 1. The number of ether oxygens (including phenoxy) is 5. The number of benzene rings is 3. The average Bonchev–Trinajstić information content (AvgIpc) is 3.33. The van der Waals surface area contributed by atoms with Crippen LogP contribution in [0.3, 0.4) is 0 Å². The highest BCUT2D eigenvalue weighted by Crippen LogP contribution is 2.44. The Morgan fingerprint density at radius 1 is 0.837 bits per heavy atom. The van der Waals surface area contributed by atoms with E-state index < -0.39 is 23.7 Å². The van der Waals surface area contributed by atoms with Gasteiger partial charge in [-0.15, -0.1) is 0 Å². The Bertz CT molecular complexity index is 1380. The van der Waals surface area contributed by atoms with Crippen molar-refractivity contribution in [2.24, 2.45) is 5.73 Å². The predicted molar refractivity (Wildman–Crippen MR) is 157 cm³/mol. The van der Waals surface area contributed by atoms with Crippen molar-refractivity contribution in [3.63, 3.8) is 0 Å². The van der Waals surface area contributed by atoms with Crippen molar-refractivity contribution >= 4 is 23.6 Å². The standard InChI is InChI=1S/C31H35N3O9/c1-39-26-11-10-25(29(36)28(26)30(32)37)34-27(35)19-42-17-16-41-15-14-40-13-12-33-31(38)43-18-24-22-8-4-2-6-20(22)21-7-3-5-9-23(21)24/h2-11,24,36H,12-19H2,1H3,(H2,32,37)(H,33,38)(H,34,35). The maximum Gasteiger partial charge on any atom is 0.407 e. The quantitative estimate of drug-likeness (QED) is 0.144. The third-order valence-corrected chi connectivity index (χ3v) is 6.72. The van der Waals surface area contributed by atoms with Crippen LogP contribution < -0.4 is 21.1 Å². The fourth-order valence-corrected chi connectivity index (χ4v) is 4.75. The molecule has 3 aromatic rings. The van der Waals surface area contributed by atoms with Crippen LogP contribution >= 0.6 is 0 Å². The van der Waals surface area contributed by atoms with Crippen molar-refractivity contribution in [1.82, 2.24) is 5.32 Å². The topological polar surface area (TPSA) is 168 Å². The minimum absolute atomic E-state index is 0.00304. The molecule has 3 aromatic carbocycles. The number of nitrogens with one attached hydrogen (secondary N) is 2. The van der Waals surface area contributed by atoms with E-state index in [1.165, 1.54) is 30.4 Å². The van der Waals surface area contributed by atoms with Crippen LogP contribution in [-0.4, -0.2) is 82.9 Å². The van der Waals surface area contributed by atoms with Gasteiger partial charge in [0.2, 0.25) is 5.91 Å². The Morgan fingerprint density at radius 3 is 2.07 bits per heavy atom. The molecule has 0 unspecified atom stereocenters. The van der Waals surface area contributed by atoms with Crippen molar-refractivity contribution in [3.8, 4) is 22.6 Å². The molecule has 0 heterocycles. The number of nitrogens with two attached hydrogens (primary N) is 1. The lowest BCUT2D eigenvalue weighted by atomic mass is 9.98. The first-order chi connectivity index (χ1) is 20.9. The zero-order valence-electron chi connectivity index (χ0n) is 23.8. The smallest absolute Gasteiger partial charge is 0.407 e. The Kier molecular flexibility index (Phi) is 11.3. The van der Waals surface area contributed by atoms with Crippen LogP contribution in [-0.2, 0) is 23.7 Å². The summed E-state index contributed by atoms with van der Waals surface area (Å²) in [6, 6.07) is 19.1. The molecule has 12 heteroatoms. The first-order valence-corrected chi connectivity index (χ1v) is 13.7. The summed E-state index contributed by atoms with van der Waals surface area (Å²) in [5.41, 5.74) is 9.70. The number of methoxy groups -OCH3 is 1. The second kappa shape index (κ2) is 15.5. The molecule has 1 aliphatic carbocycles. The van der Waals surface area contributed by atoms with Gasteiger partial charge >= 0.3 is 6.09 Å². The van der Waals surface area contributed by atoms with Gasteiger partial charge in [0.05, 0.1) is 45.8 Å². The van der Waals surface area contributed by atoms with Crippen molar-refractivity contribution < 1.29 is 43.2 Å². The Morgan fingerprint density at radius 2 is 1.44 bits per heavy atom. The lowest BCUT2D eigenvalue weighted by Crippen LogP contribution is -2.29. The highest BCUT2D eigenvalue weighted by atomic mass is 16.6. The van der Waals surface area contributed by atoms with E-state index in [1.54, 1.807) is 0 Å². The molecule has 5 N–H and O–H groups in total. The lowest BCUT2D eigenvalue weighted by Gasteiger charge is -2.14. The summed E-state index contributed by atoms with van der Waals surface area (Å²) in [6.07, 6.45) is -0.501. The van der Waals surface area contributed by atoms with E-state index in [2.05, 4.69) is 34.9 Å². The van der Waals surface area contributed by atoms with Crippen LogP contribution in [0.2, 0.25) is 0 Å². The summed E-state index contributed by atoms with van der Waals surface area (Å²) in [5.74, 6) is -1.83. The van der Waals surface area contributed by atoms with Gasteiger partial charge in [0, 0.05) is 12.5 Å². The van der Waals surface area contributed by atoms with E-state index in [9.17, 15) is 19.5 Å². The molecule has 228 valence electrons. The van der Waals surface area contributed by atoms with Gasteiger partial charge in [-0.2, -0.15) is 0 Å². The molecule has 4 rings (SSSR count). The van der Waals surface area contributed by atoms with Crippen LogP contribution in [0.25, 0.3) is 11.1 Å². The number of hydrogen-bond acceptors (Lipinski definition) is 9. The minimum atomic E-state index is -0.894. The maximum atomic E-state index is 12.2. The lowest BCUT2D eigenvalue weighted by molar-refractivity contribution is -0.121. The average molecular weight is 594 g/mol. The molecule has 0 aliphatic heterocycles. The second-order valence-electron chi connectivity index (χ2n) is 9.48. The molecule has 0 spiro atoms. The van der Waals surface area contributed by atoms with E-state index in [0.29, 0.717) is 26.4 Å². The van der Waals surface area contributed by atoms with E-state index >= 15 is 0 Å². The van der Waals surface area contributed by atoms with Gasteiger partial charge in [-0.1, -0.05) is 48.5 Å². The second-order valence-corrected chi connectivity index (χ2v) is 9.48. The highest BCUT2D eigenvalue weighted by molar-refractivity contribution is 6.02. The number of rotatable bonds is 16. The Labute approximate surface area is 249 Å². The molecule has 0 bridgehead atoms. The normalized spacial score (nSPS) is 11.8. The molecule has 1 aliphatic rings. The van der Waals surface area contributed by atoms with Crippen molar-refractivity contribution in [1.29, 1.82) is 0 Å².